The van der Waals surface area contributed by atoms with Gasteiger partial charge in [0.05, 0.1) is 18.6 Å². The zero-order valence-electron chi connectivity index (χ0n) is 14.5. The van der Waals surface area contributed by atoms with Crippen LogP contribution in [0.1, 0.15) is 33.1 Å². The molecular formula is C16H33Cl2N3O2. The minimum absolute atomic E-state index is 0. The van der Waals surface area contributed by atoms with Crippen molar-refractivity contribution in [1.29, 1.82) is 0 Å². The van der Waals surface area contributed by atoms with E-state index in [1.165, 1.54) is 0 Å². The molecule has 0 aromatic carbocycles. The van der Waals surface area contributed by atoms with Crippen LogP contribution < -0.4 is 5.73 Å². The molecule has 0 bridgehead atoms. The zero-order chi connectivity index (χ0) is 15.3. The number of carbonyl (C=O) groups excluding carboxylic acids is 1. The average molecular weight is 370 g/mol. The van der Waals surface area contributed by atoms with Crippen molar-refractivity contribution in [3.8, 4) is 0 Å². The van der Waals surface area contributed by atoms with Gasteiger partial charge in [0.25, 0.3) is 0 Å². The number of morpholine rings is 1. The number of halogens is 2. The number of likely N-dealkylation sites (tertiary alicyclic amines) is 1. The second-order valence-electron chi connectivity index (χ2n) is 6.51. The lowest BCUT2D eigenvalue weighted by Gasteiger charge is -2.33. The molecule has 0 aromatic rings. The Morgan fingerprint density at radius 3 is 2.30 bits per heavy atom. The monoisotopic (exact) mass is 369 g/mol. The van der Waals surface area contributed by atoms with E-state index >= 15 is 0 Å². The van der Waals surface area contributed by atoms with Gasteiger partial charge in [-0.2, -0.15) is 0 Å². The molecular weight excluding hydrogens is 337 g/mol. The number of hydrogen-bond donors (Lipinski definition) is 1. The lowest BCUT2D eigenvalue weighted by atomic mass is 9.81. The van der Waals surface area contributed by atoms with Crippen molar-refractivity contribution in [2.24, 2.45) is 17.1 Å². The van der Waals surface area contributed by atoms with Crippen LogP contribution in [0, 0.1) is 11.3 Å². The third kappa shape index (κ3) is 5.46. The third-order valence-electron chi connectivity index (χ3n) is 5.39. The molecule has 23 heavy (non-hydrogen) atoms. The summed E-state index contributed by atoms with van der Waals surface area (Å²) in [6, 6.07) is 0. The number of nitrogens with two attached hydrogens (primary N) is 1. The highest BCUT2D eigenvalue weighted by Crippen LogP contribution is 2.30. The van der Waals surface area contributed by atoms with Crippen LogP contribution in [0.25, 0.3) is 0 Å². The molecule has 1 atom stereocenters. The van der Waals surface area contributed by atoms with Crippen LogP contribution in [0.4, 0.5) is 0 Å². The molecule has 5 nitrogen and oxygen atoms in total. The molecule has 1 amide bonds. The molecule has 2 aliphatic heterocycles. The van der Waals surface area contributed by atoms with Crippen molar-refractivity contribution in [2.45, 2.75) is 33.1 Å². The van der Waals surface area contributed by atoms with E-state index in [2.05, 4.69) is 23.6 Å². The van der Waals surface area contributed by atoms with E-state index < -0.39 is 0 Å². The van der Waals surface area contributed by atoms with Gasteiger partial charge in [0.2, 0.25) is 5.91 Å². The fourth-order valence-corrected chi connectivity index (χ4v) is 3.58. The minimum atomic E-state index is -0.339. The highest BCUT2D eigenvalue weighted by Gasteiger charge is 2.39. The first-order valence-electron chi connectivity index (χ1n) is 8.44. The molecule has 0 saturated carbocycles. The Morgan fingerprint density at radius 2 is 1.78 bits per heavy atom. The summed E-state index contributed by atoms with van der Waals surface area (Å²) in [5.74, 6) is 0.885. The number of carbonyl (C=O) groups is 1. The van der Waals surface area contributed by atoms with Gasteiger partial charge in [-0.15, -0.1) is 24.8 Å². The Bertz CT molecular complexity index is 340. The summed E-state index contributed by atoms with van der Waals surface area (Å²) in [5.41, 5.74) is 5.57. The third-order valence-corrected chi connectivity index (χ3v) is 5.39. The highest BCUT2D eigenvalue weighted by atomic mass is 35.5. The number of ether oxygens (including phenoxy) is 1. The van der Waals surface area contributed by atoms with Crippen LogP contribution >= 0.6 is 24.8 Å². The Labute approximate surface area is 153 Å². The average Bonchev–Trinajstić information content (AvgIpc) is 2.99. The first-order valence-corrected chi connectivity index (χ1v) is 8.44. The van der Waals surface area contributed by atoms with Crippen LogP contribution in [-0.2, 0) is 9.53 Å². The first-order chi connectivity index (χ1) is 10.1. The standard InChI is InChI=1S/C16H31N3O2.2ClH/c1-3-16(4-2,13-17)15(20)19-6-5-14(12-19)11-18-7-9-21-10-8-18;;/h14H,3-13,17H2,1-2H3;2*1H. The predicted octanol–water partition coefficient (Wildman–Crippen LogP) is 1.78. The number of rotatable bonds is 6. The van der Waals surface area contributed by atoms with Gasteiger partial charge in [-0.25, -0.2) is 0 Å². The van der Waals surface area contributed by atoms with Gasteiger partial charge < -0.3 is 15.4 Å². The van der Waals surface area contributed by atoms with Crippen molar-refractivity contribution in [3.63, 3.8) is 0 Å². The molecule has 2 fully saturated rings. The van der Waals surface area contributed by atoms with Gasteiger partial charge in [0.15, 0.2) is 0 Å². The van der Waals surface area contributed by atoms with Crippen LogP contribution in [0.3, 0.4) is 0 Å². The molecule has 7 heteroatoms. The molecule has 2 saturated heterocycles. The molecule has 0 radical (unpaired) electrons. The molecule has 0 spiro atoms. The fraction of sp³-hybridized carbons (Fsp3) is 0.938. The van der Waals surface area contributed by atoms with Crippen molar-refractivity contribution >= 4 is 30.7 Å². The van der Waals surface area contributed by atoms with Crippen molar-refractivity contribution in [3.05, 3.63) is 0 Å². The largest absolute Gasteiger partial charge is 0.379 e. The summed E-state index contributed by atoms with van der Waals surface area (Å²) in [6.07, 6.45) is 2.80. The summed E-state index contributed by atoms with van der Waals surface area (Å²) in [4.78, 5) is 17.3. The topological polar surface area (TPSA) is 58.8 Å². The molecule has 1 unspecified atom stereocenters. The van der Waals surface area contributed by atoms with Gasteiger partial charge in [0, 0.05) is 39.3 Å². The van der Waals surface area contributed by atoms with Gasteiger partial charge in [-0.1, -0.05) is 13.8 Å². The number of hydrogen-bond acceptors (Lipinski definition) is 4. The van der Waals surface area contributed by atoms with Crippen molar-refractivity contribution < 1.29 is 9.53 Å². The second kappa shape index (κ2) is 10.7. The molecule has 0 aliphatic carbocycles. The van der Waals surface area contributed by atoms with Gasteiger partial charge >= 0.3 is 0 Å². The van der Waals surface area contributed by atoms with Crippen LogP contribution in [0.5, 0.6) is 0 Å². The van der Waals surface area contributed by atoms with E-state index in [-0.39, 0.29) is 36.1 Å². The van der Waals surface area contributed by atoms with E-state index in [4.69, 9.17) is 10.5 Å². The molecule has 2 aliphatic rings. The second-order valence-corrected chi connectivity index (χ2v) is 6.51. The van der Waals surface area contributed by atoms with Crippen molar-refractivity contribution in [2.75, 3.05) is 52.5 Å². The van der Waals surface area contributed by atoms with Gasteiger partial charge in [0.1, 0.15) is 0 Å². The lowest BCUT2D eigenvalue weighted by Crippen LogP contribution is -2.47. The number of amides is 1. The summed E-state index contributed by atoms with van der Waals surface area (Å²) in [5, 5.41) is 0. The molecule has 0 aromatic heterocycles. The van der Waals surface area contributed by atoms with Crippen LogP contribution in [-0.4, -0.2) is 68.2 Å². The van der Waals surface area contributed by atoms with E-state index in [0.717, 1.165) is 65.2 Å². The smallest absolute Gasteiger partial charge is 0.230 e. The van der Waals surface area contributed by atoms with Crippen molar-refractivity contribution in [1.82, 2.24) is 9.80 Å². The molecule has 2 heterocycles. The molecule has 138 valence electrons. The maximum atomic E-state index is 12.8. The van der Waals surface area contributed by atoms with E-state index in [1.807, 2.05) is 0 Å². The lowest BCUT2D eigenvalue weighted by molar-refractivity contribution is -0.141. The van der Waals surface area contributed by atoms with E-state index in [1.54, 1.807) is 0 Å². The Hall–Kier alpha value is -0.0700. The van der Waals surface area contributed by atoms with E-state index in [0.29, 0.717) is 12.5 Å². The summed E-state index contributed by atoms with van der Waals surface area (Å²) in [6.45, 7) is 11.3. The molecule has 2 rings (SSSR count). The van der Waals surface area contributed by atoms with Gasteiger partial charge in [-0.05, 0) is 25.2 Å². The summed E-state index contributed by atoms with van der Waals surface area (Å²) < 4.78 is 5.39. The normalized spacial score (nSPS) is 22.4. The quantitative estimate of drug-likeness (QED) is 0.774. The fourth-order valence-electron chi connectivity index (χ4n) is 3.58. The zero-order valence-corrected chi connectivity index (χ0v) is 16.1. The van der Waals surface area contributed by atoms with Crippen LogP contribution in [0.2, 0.25) is 0 Å². The van der Waals surface area contributed by atoms with Crippen LogP contribution in [0.15, 0.2) is 0 Å². The Kier molecular flexibility index (Phi) is 10.7. The maximum Gasteiger partial charge on any atom is 0.230 e. The highest BCUT2D eigenvalue weighted by molar-refractivity contribution is 5.85. The number of nitrogens with zero attached hydrogens (tertiary/aromatic N) is 2. The summed E-state index contributed by atoms with van der Waals surface area (Å²) >= 11 is 0. The summed E-state index contributed by atoms with van der Waals surface area (Å²) in [7, 11) is 0. The minimum Gasteiger partial charge on any atom is -0.379 e. The van der Waals surface area contributed by atoms with E-state index in [9.17, 15) is 4.79 Å². The Morgan fingerprint density at radius 1 is 1.17 bits per heavy atom. The SMILES string of the molecule is CCC(CC)(CN)C(=O)N1CCC(CN2CCOCC2)C1.Cl.Cl. The van der Waals surface area contributed by atoms with Gasteiger partial charge in [-0.3, -0.25) is 9.69 Å². The molecule has 2 N–H and O–H groups in total. The predicted molar refractivity (Wildman–Crippen MR) is 98.5 cm³/mol. The Balaban J connectivity index is 0.00000242. The first kappa shape index (κ1) is 22.9. The maximum absolute atomic E-state index is 12.8.